The van der Waals surface area contributed by atoms with Crippen molar-refractivity contribution >= 4 is 16.8 Å². The average molecular weight is 375 g/mol. The van der Waals surface area contributed by atoms with Gasteiger partial charge in [-0.3, -0.25) is 14.8 Å². The van der Waals surface area contributed by atoms with Crippen LogP contribution in [-0.2, 0) is 11.3 Å². The molecule has 1 amide bonds. The molecule has 0 radical (unpaired) electrons. The van der Waals surface area contributed by atoms with E-state index in [9.17, 15) is 4.79 Å². The van der Waals surface area contributed by atoms with E-state index < -0.39 is 0 Å². The third-order valence-corrected chi connectivity index (χ3v) is 5.18. The molecule has 2 aromatic heterocycles. The molecule has 0 bridgehead atoms. The fourth-order valence-electron chi connectivity index (χ4n) is 3.76. The molecule has 0 spiro atoms. The third-order valence-electron chi connectivity index (χ3n) is 5.18. The number of likely N-dealkylation sites (tertiary alicyclic amines) is 1. The molecular weight excluding hydrogens is 350 g/mol. The summed E-state index contributed by atoms with van der Waals surface area (Å²) in [5.41, 5.74) is 4.50. The summed E-state index contributed by atoms with van der Waals surface area (Å²) in [5.74, 6) is 0.0623. The van der Waals surface area contributed by atoms with Gasteiger partial charge < -0.3 is 9.64 Å². The maximum absolute atomic E-state index is 13.3. The Kier molecular flexibility index (Phi) is 5.35. The number of aromatic nitrogens is 2. The Labute approximate surface area is 165 Å². The quantitative estimate of drug-likeness (QED) is 0.690. The van der Waals surface area contributed by atoms with Gasteiger partial charge in [-0.15, -0.1) is 0 Å². The minimum atomic E-state index is 0.0376. The van der Waals surface area contributed by atoms with Crippen molar-refractivity contribution in [3.8, 4) is 0 Å². The summed E-state index contributed by atoms with van der Waals surface area (Å²) in [4.78, 5) is 24.1. The van der Waals surface area contributed by atoms with Crippen LogP contribution in [0.2, 0.25) is 0 Å². The molecule has 3 aromatic rings. The molecule has 5 heteroatoms. The second-order valence-electron chi connectivity index (χ2n) is 7.48. The lowest BCUT2D eigenvalue weighted by molar-refractivity contribution is -0.00780. The van der Waals surface area contributed by atoms with Gasteiger partial charge in [-0.1, -0.05) is 17.7 Å². The van der Waals surface area contributed by atoms with Crippen molar-refractivity contribution in [3.63, 3.8) is 0 Å². The number of piperidine rings is 1. The molecular formula is C23H25N3O2. The van der Waals surface area contributed by atoms with Crippen molar-refractivity contribution in [2.24, 2.45) is 0 Å². The van der Waals surface area contributed by atoms with Crippen molar-refractivity contribution in [3.05, 3.63) is 71.2 Å². The van der Waals surface area contributed by atoms with E-state index in [1.54, 1.807) is 6.20 Å². The van der Waals surface area contributed by atoms with E-state index in [0.717, 1.165) is 52.8 Å². The molecule has 0 N–H and O–H groups in total. The van der Waals surface area contributed by atoms with Crippen molar-refractivity contribution in [2.75, 3.05) is 13.1 Å². The minimum Gasteiger partial charge on any atom is -0.370 e. The second kappa shape index (κ2) is 8.07. The zero-order valence-corrected chi connectivity index (χ0v) is 16.4. The first-order valence-corrected chi connectivity index (χ1v) is 9.79. The number of pyridine rings is 2. The van der Waals surface area contributed by atoms with Crippen LogP contribution in [0, 0.1) is 13.8 Å². The van der Waals surface area contributed by atoms with E-state index in [1.165, 1.54) is 0 Å². The van der Waals surface area contributed by atoms with Crippen LogP contribution in [0.4, 0.5) is 0 Å². The highest BCUT2D eigenvalue weighted by Crippen LogP contribution is 2.24. The number of hydrogen-bond acceptors (Lipinski definition) is 4. The second-order valence-corrected chi connectivity index (χ2v) is 7.48. The molecule has 4 rings (SSSR count). The third kappa shape index (κ3) is 4.04. The van der Waals surface area contributed by atoms with E-state index >= 15 is 0 Å². The summed E-state index contributed by atoms with van der Waals surface area (Å²) >= 11 is 0. The first kappa shape index (κ1) is 18.6. The number of aryl methyl sites for hydroxylation is 2. The molecule has 1 aliphatic heterocycles. The summed E-state index contributed by atoms with van der Waals surface area (Å²) in [6, 6.07) is 13.8. The fraction of sp³-hybridized carbons (Fsp3) is 0.348. The van der Waals surface area contributed by atoms with Crippen molar-refractivity contribution < 1.29 is 9.53 Å². The molecule has 1 saturated heterocycles. The highest BCUT2D eigenvalue weighted by atomic mass is 16.5. The van der Waals surface area contributed by atoms with E-state index in [-0.39, 0.29) is 12.0 Å². The van der Waals surface area contributed by atoms with Gasteiger partial charge in [0.15, 0.2) is 0 Å². The highest BCUT2D eigenvalue weighted by Gasteiger charge is 2.26. The number of carbonyl (C=O) groups is 1. The monoisotopic (exact) mass is 375 g/mol. The number of benzene rings is 1. The predicted molar refractivity (Wildman–Crippen MR) is 109 cm³/mol. The molecule has 1 aromatic carbocycles. The minimum absolute atomic E-state index is 0.0376. The number of hydrogen-bond donors (Lipinski definition) is 0. The Balaban J connectivity index is 1.51. The summed E-state index contributed by atoms with van der Waals surface area (Å²) in [5, 5.41) is 0.923. The lowest BCUT2D eigenvalue weighted by Crippen LogP contribution is -2.43. The van der Waals surface area contributed by atoms with Gasteiger partial charge in [0.1, 0.15) is 0 Å². The van der Waals surface area contributed by atoms with E-state index in [2.05, 4.69) is 9.97 Å². The summed E-state index contributed by atoms with van der Waals surface area (Å²) in [7, 11) is 0. The Hall–Kier alpha value is -2.79. The fourth-order valence-corrected chi connectivity index (χ4v) is 3.76. The zero-order valence-electron chi connectivity index (χ0n) is 16.4. The maximum atomic E-state index is 13.3. The van der Waals surface area contributed by atoms with Crippen LogP contribution in [0.25, 0.3) is 10.9 Å². The summed E-state index contributed by atoms with van der Waals surface area (Å²) in [6.45, 7) is 5.82. The number of fused-ring (bicyclic) bond motifs is 1. The molecule has 1 atom stereocenters. The number of nitrogens with zero attached hydrogens (tertiary/aromatic N) is 3. The Morgan fingerprint density at radius 2 is 2.11 bits per heavy atom. The van der Waals surface area contributed by atoms with E-state index in [4.69, 9.17) is 4.74 Å². The molecule has 0 saturated carbocycles. The lowest BCUT2D eigenvalue weighted by Gasteiger charge is -2.33. The average Bonchev–Trinajstić information content (AvgIpc) is 2.72. The molecule has 28 heavy (non-hydrogen) atoms. The molecule has 3 heterocycles. The van der Waals surface area contributed by atoms with Gasteiger partial charge in [0.05, 0.1) is 29.5 Å². The Bertz CT molecular complexity index is 988. The standard InChI is InChI=1S/C23H25N3O2/c1-16-8-9-22-20(12-16)21(13-17(2)25-22)23(27)26-11-5-7-19(14-26)28-15-18-6-3-4-10-24-18/h3-4,6,8-10,12-13,19H,5,7,11,14-15H2,1-2H3/t19-/m1/s1. The smallest absolute Gasteiger partial charge is 0.254 e. The van der Waals surface area contributed by atoms with E-state index in [1.807, 2.05) is 61.2 Å². The lowest BCUT2D eigenvalue weighted by atomic mass is 10.0. The number of carbonyl (C=O) groups excluding carboxylic acids is 1. The van der Waals surface area contributed by atoms with Gasteiger partial charge in [-0.2, -0.15) is 0 Å². The van der Waals surface area contributed by atoms with Gasteiger partial charge in [-0.25, -0.2) is 0 Å². The molecule has 0 aliphatic carbocycles. The predicted octanol–water partition coefficient (Wildman–Crippen LogP) is 4.07. The van der Waals surface area contributed by atoms with Gasteiger partial charge >= 0.3 is 0 Å². The van der Waals surface area contributed by atoms with Crippen LogP contribution < -0.4 is 0 Å². The number of ether oxygens (including phenoxy) is 1. The summed E-state index contributed by atoms with van der Waals surface area (Å²) in [6.07, 6.45) is 3.72. The molecule has 5 nitrogen and oxygen atoms in total. The zero-order chi connectivity index (χ0) is 19.5. The number of amides is 1. The van der Waals surface area contributed by atoms with Crippen LogP contribution >= 0.6 is 0 Å². The molecule has 1 aliphatic rings. The SMILES string of the molecule is Cc1ccc2nc(C)cc(C(=O)N3CCC[C@@H](OCc4ccccn4)C3)c2c1. The van der Waals surface area contributed by atoms with Crippen LogP contribution in [0.3, 0.4) is 0 Å². The topological polar surface area (TPSA) is 55.3 Å². The van der Waals surface area contributed by atoms with Crippen LogP contribution in [0.15, 0.2) is 48.7 Å². The Morgan fingerprint density at radius 1 is 1.21 bits per heavy atom. The largest absolute Gasteiger partial charge is 0.370 e. The van der Waals surface area contributed by atoms with Gasteiger partial charge in [0.2, 0.25) is 0 Å². The van der Waals surface area contributed by atoms with Gasteiger partial charge in [0, 0.05) is 30.4 Å². The van der Waals surface area contributed by atoms with E-state index in [0.29, 0.717) is 13.2 Å². The van der Waals surface area contributed by atoms with Crippen LogP contribution in [-0.4, -0.2) is 40.0 Å². The molecule has 144 valence electrons. The first-order chi connectivity index (χ1) is 13.6. The normalized spacial score (nSPS) is 17.1. The van der Waals surface area contributed by atoms with Gasteiger partial charge in [0.25, 0.3) is 5.91 Å². The summed E-state index contributed by atoms with van der Waals surface area (Å²) < 4.78 is 6.05. The Morgan fingerprint density at radius 3 is 2.93 bits per heavy atom. The van der Waals surface area contributed by atoms with Crippen LogP contribution in [0.5, 0.6) is 0 Å². The van der Waals surface area contributed by atoms with Crippen molar-refractivity contribution in [2.45, 2.75) is 39.4 Å². The number of rotatable bonds is 4. The van der Waals surface area contributed by atoms with Crippen LogP contribution in [0.1, 0.15) is 40.2 Å². The van der Waals surface area contributed by atoms with Crippen molar-refractivity contribution in [1.29, 1.82) is 0 Å². The highest BCUT2D eigenvalue weighted by molar-refractivity contribution is 6.06. The first-order valence-electron chi connectivity index (χ1n) is 9.79. The molecule has 0 unspecified atom stereocenters. The molecule has 1 fully saturated rings. The van der Waals surface area contributed by atoms with Gasteiger partial charge in [-0.05, 0) is 57.0 Å². The van der Waals surface area contributed by atoms with Crippen molar-refractivity contribution in [1.82, 2.24) is 14.9 Å². The maximum Gasteiger partial charge on any atom is 0.254 e.